The molecule has 0 aliphatic rings. The molecule has 0 saturated carbocycles. The van der Waals surface area contributed by atoms with E-state index in [-0.39, 0.29) is 3.51 Å². The Morgan fingerprint density at radius 2 is 2.00 bits per heavy atom. The minimum atomic E-state index is -5.16. The van der Waals surface area contributed by atoms with Gasteiger partial charge in [0.25, 0.3) is 0 Å². The van der Waals surface area contributed by atoms with Gasteiger partial charge in [-0.3, -0.25) is 0 Å². The van der Waals surface area contributed by atoms with Crippen LogP contribution in [-0.4, -0.2) is 37.5 Å². The summed E-state index contributed by atoms with van der Waals surface area (Å²) in [5.41, 5.74) is 0.451. The van der Waals surface area contributed by atoms with Crippen LogP contribution in [-0.2, 0) is 7.81 Å². The summed E-state index contributed by atoms with van der Waals surface area (Å²) in [5, 5.41) is 8.37. The van der Waals surface area contributed by atoms with Crippen LogP contribution in [0.1, 0.15) is 5.56 Å². The van der Waals surface area contributed by atoms with Gasteiger partial charge in [0.05, 0.1) is 0 Å². The molecule has 0 amide bonds. The third-order valence-corrected chi connectivity index (χ3v) is 4.34. The zero-order valence-electron chi connectivity index (χ0n) is 7.57. The Kier molecular flexibility index (Phi) is 3.74. The van der Waals surface area contributed by atoms with Crippen LogP contribution in [0.2, 0.25) is 0 Å². The van der Waals surface area contributed by atoms with Crippen molar-refractivity contribution >= 4 is 35.2 Å². The number of carboxylic acid groups (broad SMARTS) is 1. The van der Waals surface area contributed by atoms with E-state index in [2.05, 4.69) is 0 Å². The molecular weight excluding hydrogens is 310 g/mol. The van der Waals surface area contributed by atoms with Gasteiger partial charge in [-0.15, -0.1) is 0 Å². The van der Waals surface area contributed by atoms with Crippen LogP contribution in [0.4, 0.5) is 0 Å². The molecule has 0 radical (unpaired) electrons. The van der Waals surface area contributed by atoms with E-state index in [0.29, 0.717) is 5.56 Å². The Bertz CT molecular complexity index is 446. The molecule has 0 saturated heterocycles. The van der Waals surface area contributed by atoms with Crippen LogP contribution in [0, 0.1) is 0 Å². The molecule has 0 fully saturated rings. The minimum absolute atomic E-state index is 0.0407. The van der Waals surface area contributed by atoms with Gasteiger partial charge in [-0.05, 0) is 0 Å². The second-order valence-corrected chi connectivity index (χ2v) is 7.39. The fourth-order valence-corrected chi connectivity index (χ4v) is 2.68. The van der Waals surface area contributed by atoms with Gasteiger partial charge in [0.1, 0.15) is 0 Å². The van der Waals surface area contributed by atoms with E-state index in [0.717, 1.165) is 6.08 Å². The van der Waals surface area contributed by atoms with Gasteiger partial charge in [0.2, 0.25) is 0 Å². The molecular formula is C9H9O5Sb. The van der Waals surface area contributed by atoms with Crippen molar-refractivity contribution in [3.05, 3.63) is 35.9 Å². The standard InChI is InChI=1S/C9H7O2.2H2O.O.Sb/c10-9(11)7-6-8-4-2-1-3-5-8;;;;/h1-2,4-7H,(H,10,11);2*1H2;;/q;;;;+2/p-2. The molecule has 15 heavy (non-hydrogen) atoms. The molecule has 0 bridgehead atoms. The van der Waals surface area contributed by atoms with Gasteiger partial charge in [-0.2, -0.15) is 0 Å². The van der Waals surface area contributed by atoms with Gasteiger partial charge >= 0.3 is 90.8 Å². The van der Waals surface area contributed by atoms with Gasteiger partial charge in [0.15, 0.2) is 0 Å². The fourth-order valence-electron chi connectivity index (χ4n) is 0.977. The third kappa shape index (κ3) is 3.91. The van der Waals surface area contributed by atoms with Crippen molar-refractivity contribution in [2.75, 3.05) is 0 Å². The predicted molar refractivity (Wildman–Crippen MR) is 53.6 cm³/mol. The molecule has 5 nitrogen and oxygen atoms in total. The Morgan fingerprint density at radius 3 is 2.53 bits per heavy atom. The van der Waals surface area contributed by atoms with Crippen LogP contribution in [0.5, 0.6) is 0 Å². The van der Waals surface area contributed by atoms with Crippen molar-refractivity contribution in [1.29, 1.82) is 0 Å². The van der Waals surface area contributed by atoms with Crippen LogP contribution in [0.25, 0.3) is 6.08 Å². The van der Waals surface area contributed by atoms with Crippen molar-refractivity contribution < 1.29 is 19.7 Å². The maximum atomic E-state index is 11.0. The molecule has 6 heteroatoms. The molecule has 0 atom stereocenters. The van der Waals surface area contributed by atoms with E-state index in [1.54, 1.807) is 6.07 Å². The summed E-state index contributed by atoms with van der Waals surface area (Å²) < 4.78 is 28.8. The Balaban J connectivity index is 3.04. The number of hydrogen-bond donors (Lipinski definition) is 3. The number of rotatable bonds is 3. The van der Waals surface area contributed by atoms with Gasteiger partial charge < -0.3 is 0 Å². The molecule has 1 aromatic rings. The topological polar surface area (TPSA) is 94.8 Å². The first-order valence-electron chi connectivity index (χ1n) is 3.97. The van der Waals surface area contributed by atoms with E-state index in [9.17, 15) is 7.81 Å². The van der Waals surface area contributed by atoms with E-state index < -0.39 is 25.6 Å². The van der Waals surface area contributed by atoms with Crippen molar-refractivity contribution in [2.45, 2.75) is 0 Å². The zero-order valence-corrected chi connectivity index (χ0v) is 10.1. The second-order valence-electron chi connectivity index (χ2n) is 2.81. The predicted octanol–water partition coefficient (Wildman–Crippen LogP) is -0.655. The summed E-state index contributed by atoms with van der Waals surface area (Å²) in [6.07, 6.45) is 2.19. The SMILES string of the molecule is O=C(O)C=Cc1ccc[c]([Sb](=[O])([OH])[OH])c1. The summed E-state index contributed by atoms with van der Waals surface area (Å²) in [7, 11) is 0. The van der Waals surface area contributed by atoms with Crippen molar-refractivity contribution in [2.24, 2.45) is 0 Å². The van der Waals surface area contributed by atoms with Crippen molar-refractivity contribution in [3.8, 4) is 0 Å². The van der Waals surface area contributed by atoms with E-state index >= 15 is 0 Å². The molecule has 0 spiro atoms. The first-order chi connectivity index (χ1) is 6.89. The molecule has 0 aliphatic heterocycles. The fraction of sp³-hybridized carbons (Fsp3) is 0. The van der Waals surface area contributed by atoms with E-state index in [1.165, 1.54) is 24.3 Å². The number of benzene rings is 1. The molecule has 1 rings (SSSR count). The number of aliphatic carboxylic acids is 1. The average molecular weight is 319 g/mol. The zero-order chi connectivity index (χ0) is 11.5. The molecule has 80 valence electrons. The molecule has 0 unspecified atom stereocenters. The number of carbonyl (C=O) groups is 1. The third-order valence-electron chi connectivity index (χ3n) is 1.62. The summed E-state index contributed by atoms with van der Waals surface area (Å²) >= 11 is -5.16. The second kappa shape index (κ2) is 4.66. The van der Waals surface area contributed by atoms with E-state index in [1.807, 2.05) is 0 Å². The van der Waals surface area contributed by atoms with Crippen LogP contribution in [0.3, 0.4) is 0 Å². The molecule has 1 aromatic carbocycles. The van der Waals surface area contributed by atoms with Crippen molar-refractivity contribution in [1.82, 2.24) is 0 Å². The quantitative estimate of drug-likeness (QED) is 0.508. The summed E-state index contributed by atoms with van der Waals surface area (Å²) in [6.45, 7) is 0. The summed E-state index contributed by atoms with van der Waals surface area (Å²) in [4.78, 5) is 10.2. The first kappa shape index (κ1) is 12.0. The first-order valence-corrected chi connectivity index (χ1v) is 8.57. The number of carboxylic acids is 1. The van der Waals surface area contributed by atoms with Gasteiger partial charge in [0, 0.05) is 0 Å². The molecule has 0 aromatic heterocycles. The molecule has 0 heterocycles. The van der Waals surface area contributed by atoms with Gasteiger partial charge in [-0.25, -0.2) is 0 Å². The Labute approximate surface area is 90.8 Å². The van der Waals surface area contributed by atoms with Crippen molar-refractivity contribution in [3.63, 3.8) is 0 Å². The van der Waals surface area contributed by atoms with Crippen LogP contribution < -0.4 is 3.51 Å². The van der Waals surface area contributed by atoms with E-state index in [4.69, 9.17) is 11.9 Å². The molecule has 3 N–H and O–H groups in total. The normalized spacial score (nSPS) is 11.9. The van der Waals surface area contributed by atoms with Crippen LogP contribution >= 0.6 is 0 Å². The summed E-state index contributed by atoms with van der Waals surface area (Å²) in [6, 6.07) is 5.66. The van der Waals surface area contributed by atoms with Crippen LogP contribution in [0.15, 0.2) is 30.3 Å². The Hall–Kier alpha value is -1.03. The molecule has 0 aliphatic carbocycles. The van der Waals surface area contributed by atoms with Gasteiger partial charge in [-0.1, -0.05) is 0 Å². The monoisotopic (exact) mass is 318 g/mol. The Morgan fingerprint density at radius 1 is 1.33 bits per heavy atom. The number of hydrogen-bond acceptors (Lipinski definition) is 2. The average Bonchev–Trinajstić information content (AvgIpc) is 2.14. The summed E-state index contributed by atoms with van der Waals surface area (Å²) in [5.74, 6) is -1.11. The maximum absolute atomic E-state index is 11.0.